The van der Waals surface area contributed by atoms with Crippen molar-refractivity contribution < 1.29 is 9.53 Å². The molecular formula is C14H17NO2. The molecule has 1 aliphatic heterocycles. The van der Waals surface area contributed by atoms with Crippen molar-refractivity contribution in [1.29, 1.82) is 0 Å². The van der Waals surface area contributed by atoms with Gasteiger partial charge in [0, 0.05) is 18.0 Å². The fraction of sp³-hybridized carbons (Fsp3) is 0.500. The smallest absolute Gasteiger partial charge is 0.251 e. The molecule has 1 N–H and O–H groups in total. The Balaban J connectivity index is 1.72. The minimum Gasteiger partial charge on any atom is -0.493 e. The number of carbonyl (C=O) groups excluding carboxylic acids is 1. The molecule has 0 unspecified atom stereocenters. The summed E-state index contributed by atoms with van der Waals surface area (Å²) in [4.78, 5) is 12.0. The third kappa shape index (κ3) is 2.14. The van der Waals surface area contributed by atoms with Gasteiger partial charge in [-0.05, 0) is 36.6 Å². The molecule has 0 aromatic heterocycles. The van der Waals surface area contributed by atoms with E-state index in [1.807, 2.05) is 18.2 Å². The molecule has 0 bridgehead atoms. The van der Waals surface area contributed by atoms with Gasteiger partial charge in [-0.3, -0.25) is 4.79 Å². The summed E-state index contributed by atoms with van der Waals surface area (Å²) in [6, 6.07) is 6.11. The Bertz CT molecular complexity index is 436. The molecule has 1 aliphatic carbocycles. The summed E-state index contributed by atoms with van der Waals surface area (Å²) < 4.78 is 5.43. The van der Waals surface area contributed by atoms with Gasteiger partial charge in [-0.1, -0.05) is 12.8 Å². The fourth-order valence-corrected chi connectivity index (χ4v) is 2.67. The summed E-state index contributed by atoms with van der Waals surface area (Å²) in [5.74, 6) is 0.994. The van der Waals surface area contributed by atoms with E-state index in [1.165, 1.54) is 12.8 Å². The van der Waals surface area contributed by atoms with Crippen molar-refractivity contribution in [3.8, 4) is 5.75 Å². The van der Waals surface area contributed by atoms with Gasteiger partial charge in [0.1, 0.15) is 5.75 Å². The molecule has 1 amide bonds. The Kier molecular flexibility index (Phi) is 2.75. The average molecular weight is 231 g/mol. The predicted molar refractivity (Wildman–Crippen MR) is 65.4 cm³/mol. The molecule has 1 heterocycles. The van der Waals surface area contributed by atoms with E-state index in [2.05, 4.69) is 5.32 Å². The van der Waals surface area contributed by atoms with E-state index in [9.17, 15) is 4.79 Å². The topological polar surface area (TPSA) is 38.3 Å². The highest BCUT2D eigenvalue weighted by atomic mass is 16.5. The molecule has 0 atom stereocenters. The Labute approximate surface area is 101 Å². The maximum atomic E-state index is 12.0. The first-order valence-electron chi connectivity index (χ1n) is 6.39. The minimum atomic E-state index is 0.0617. The van der Waals surface area contributed by atoms with Gasteiger partial charge in [0.15, 0.2) is 0 Å². The van der Waals surface area contributed by atoms with E-state index in [0.717, 1.165) is 42.7 Å². The van der Waals surface area contributed by atoms with Crippen LogP contribution in [-0.4, -0.2) is 18.6 Å². The fourth-order valence-electron chi connectivity index (χ4n) is 2.67. The minimum absolute atomic E-state index is 0.0617. The molecule has 3 rings (SSSR count). The Morgan fingerprint density at radius 3 is 2.94 bits per heavy atom. The van der Waals surface area contributed by atoms with Crippen LogP contribution >= 0.6 is 0 Å². The van der Waals surface area contributed by atoms with Crippen molar-refractivity contribution in [2.75, 3.05) is 6.61 Å². The number of hydrogen-bond donors (Lipinski definition) is 1. The summed E-state index contributed by atoms with van der Waals surface area (Å²) in [6.07, 6.45) is 5.64. The van der Waals surface area contributed by atoms with Crippen LogP contribution in [0, 0.1) is 0 Å². The van der Waals surface area contributed by atoms with Crippen LogP contribution in [0.1, 0.15) is 41.6 Å². The quantitative estimate of drug-likeness (QED) is 0.848. The molecule has 3 nitrogen and oxygen atoms in total. The van der Waals surface area contributed by atoms with E-state index in [-0.39, 0.29) is 5.91 Å². The van der Waals surface area contributed by atoms with Gasteiger partial charge >= 0.3 is 0 Å². The van der Waals surface area contributed by atoms with Crippen molar-refractivity contribution in [3.05, 3.63) is 29.3 Å². The maximum absolute atomic E-state index is 12.0. The lowest BCUT2D eigenvalue weighted by molar-refractivity contribution is 0.0938. The number of fused-ring (bicyclic) bond motifs is 1. The van der Waals surface area contributed by atoms with Gasteiger partial charge in [-0.2, -0.15) is 0 Å². The van der Waals surface area contributed by atoms with Gasteiger partial charge in [-0.15, -0.1) is 0 Å². The van der Waals surface area contributed by atoms with E-state index >= 15 is 0 Å². The van der Waals surface area contributed by atoms with Gasteiger partial charge in [-0.25, -0.2) is 0 Å². The summed E-state index contributed by atoms with van der Waals surface area (Å²) in [5.41, 5.74) is 1.92. The third-order valence-corrected chi connectivity index (χ3v) is 3.64. The number of nitrogens with one attached hydrogen (secondary N) is 1. The monoisotopic (exact) mass is 231 g/mol. The van der Waals surface area contributed by atoms with Crippen molar-refractivity contribution in [1.82, 2.24) is 5.32 Å². The molecule has 1 aromatic rings. The standard InChI is InChI=1S/C14H17NO2/c16-14(15-12-3-1-2-4-12)11-5-6-13-10(9-11)7-8-17-13/h5-6,9,12H,1-4,7-8H2,(H,15,16). The first kappa shape index (κ1) is 10.6. The van der Waals surface area contributed by atoms with E-state index < -0.39 is 0 Å². The van der Waals surface area contributed by atoms with E-state index in [1.54, 1.807) is 0 Å². The zero-order chi connectivity index (χ0) is 11.7. The summed E-state index contributed by atoms with van der Waals surface area (Å²) >= 11 is 0. The summed E-state index contributed by atoms with van der Waals surface area (Å²) in [6.45, 7) is 0.739. The van der Waals surface area contributed by atoms with Gasteiger partial charge in [0.25, 0.3) is 5.91 Å². The zero-order valence-electron chi connectivity index (χ0n) is 9.87. The van der Waals surface area contributed by atoms with Crippen molar-refractivity contribution >= 4 is 5.91 Å². The number of hydrogen-bond acceptors (Lipinski definition) is 2. The molecular weight excluding hydrogens is 214 g/mol. The van der Waals surface area contributed by atoms with Crippen LogP contribution < -0.4 is 10.1 Å². The van der Waals surface area contributed by atoms with Crippen LogP contribution in [0.15, 0.2) is 18.2 Å². The highest BCUT2D eigenvalue weighted by Gasteiger charge is 2.19. The lowest BCUT2D eigenvalue weighted by Crippen LogP contribution is -2.32. The highest BCUT2D eigenvalue weighted by Crippen LogP contribution is 2.26. The average Bonchev–Trinajstić information content (AvgIpc) is 2.97. The molecule has 0 spiro atoms. The van der Waals surface area contributed by atoms with E-state index in [0.29, 0.717) is 6.04 Å². The summed E-state index contributed by atoms with van der Waals surface area (Å²) in [5, 5.41) is 3.11. The van der Waals surface area contributed by atoms with Crippen LogP contribution in [0.5, 0.6) is 5.75 Å². The normalized spacial score (nSPS) is 18.8. The van der Waals surface area contributed by atoms with Gasteiger partial charge in [0.05, 0.1) is 6.61 Å². The molecule has 0 radical (unpaired) electrons. The first-order chi connectivity index (χ1) is 8.33. The Morgan fingerprint density at radius 1 is 1.29 bits per heavy atom. The maximum Gasteiger partial charge on any atom is 0.251 e. The highest BCUT2D eigenvalue weighted by molar-refractivity contribution is 5.94. The summed E-state index contributed by atoms with van der Waals surface area (Å²) in [7, 11) is 0. The van der Waals surface area contributed by atoms with Crippen LogP contribution in [0.4, 0.5) is 0 Å². The number of rotatable bonds is 2. The van der Waals surface area contributed by atoms with E-state index in [4.69, 9.17) is 4.74 Å². The second-order valence-electron chi connectivity index (χ2n) is 4.88. The Morgan fingerprint density at radius 2 is 2.12 bits per heavy atom. The van der Waals surface area contributed by atoms with Crippen molar-refractivity contribution in [2.24, 2.45) is 0 Å². The molecule has 1 fully saturated rings. The second-order valence-corrected chi connectivity index (χ2v) is 4.88. The molecule has 17 heavy (non-hydrogen) atoms. The van der Waals surface area contributed by atoms with Crippen LogP contribution in [0.2, 0.25) is 0 Å². The molecule has 1 aromatic carbocycles. The lowest BCUT2D eigenvalue weighted by atomic mass is 10.1. The van der Waals surface area contributed by atoms with Crippen LogP contribution in [-0.2, 0) is 6.42 Å². The number of carbonyl (C=O) groups is 1. The van der Waals surface area contributed by atoms with Gasteiger partial charge in [0.2, 0.25) is 0 Å². The molecule has 0 saturated heterocycles. The molecule has 2 aliphatic rings. The Hall–Kier alpha value is -1.51. The van der Waals surface area contributed by atoms with Gasteiger partial charge < -0.3 is 10.1 Å². The molecule has 1 saturated carbocycles. The number of benzene rings is 1. The molecule has 90 valence electrons. The SMILES string of the molecule is O=C(NC1CCCC1)c1ccc2c(c1)CCO2. The largest absolute Gasteiger partial charge is 0.493 e. The third-order valence-electron chi connectivity index (χ3n) is 3.64. The van der Waals surface area contributed by atoms with Crippen LogP contribution in [0.25, 0.3) is 0 Å². The van der Waals surface area contributed by atoms with Crippen molar-refractivity contribution in [3.63, 3.8) is 0 Å². The predicted octanol–water partition coefficient (Wildman–Crippen LogP) is 2.29. The van der Waals surface area contributed by atoms with Crippen LogP contribution in [0.3, 0.4) is 0 Å². The van der Waals surface area contributed by atoms with Crippen molar-refractivity contribution in [2.45, 2.75) is 38.1 Å². The lowest BCUT2D eigenvalue weighted by Gasteiger charge is -2.12. The zero-order valence-corrected chi connectivity index (χ0v) is 9.87. The first-order valence-corrected chi connectivity index (χ1v) is 6.39. The second kappa shape index (κ2) is 4.40. The number of ether oxygens (including phenoxy) is 1. The molecule has 3 heteroatoms. The number of amides is 1.